The maximum atomic E-state index is 11.5. The van der Waals surface area contributed by atoms with Gasteiger partial charge in [-0.3, -0.25) is 4.79 Å². The number of hydrogen-bond acceptors (Lipinski definition) is 6. The second-order valence-electron chi connectivity index (χ2n) is 4.49. The van der Waals surface area contributed by atoms with Gasteiger partial charge in [0, 0.05) is 32.7 Å². The van der Waals surface area contributed by atoms with E-state index in [0.717, 1.165) is 45.7 Å². The van der Waals surface area contributed by atoms with Crippen LogP contribution in [0.15, 0.2) is 11.1 Å². The average Bonchev–Trinajstić information content (AvgIpc) is 2.45. The van der Waals surface area contributed by atoms with Gasteiger partial charge in [0.2, 0.25) is 5.75 Å². The Morgan fingerprint density at radius 1 is 1.47 bits per heavy atom. The van der Waals surface area contributed by atoms with Crippen LogP contribution in [0.4, 0.5) is 5.82 Å². The Labute approximate surface area is 112 Å². The van der Waals surface area contributed by atoms with Gasteiger partial charge in [0.25, 0.3) is 5.56 Å². The molecular formula is C12H21N5O2. The third kappa shape index (κ3) is 3.93. The fourth-order valence-corrected chi connectivity index (χ4v) is 2.15. The molecule has 2 rings (SSSR count). The van der Waals surface area contributed by atoms with E-state index in [-0.39, 0.29) is 11.3 Å². The van der Waals surface area contributed by atoms with Crippen LogP contribution in [0.2, 0.25) is 0 Å². The van der Waals surface area contributed by atoms with Crippen LogP contribution in [0.5, 0.6) is 5.75 Å². The Balaban J connectivity index is 1.76. The van der Waals surface area contributed by atoms with E-state index in [4.69, 9.17) is 4.74 Å². The lowest BCUT2D eigenvalue weighted by Crippen LogP contribution is -2.44. The second-order valence-corrected chi connectivity index (χ2v) is 4.49. The van der Waals surface area contributed by atoms with Crippen molar-refractivity contribution in [3.8, 4) is 5.75 Å². The van der Waals surface area contributed by atoms with E-state index in [1.807, 2.05) is 0 Å². The minimum atomic E-state index is -0.262. The fraction of sp³-hybridized carbons (Fsp3) is 0.667. The first-order valence-electron chi connectivity index (χ1n) is 6.60. The maximum Gasteiger partial charge on any atom is 0.295 e. The van der Waals surface area contributed by atoms with E-state index in [9.17, 15) is 4.79 Å². The molecule has 1 aliphatic rings. The zero-order valence-electron chi connectivity index (χ0n) is 11.2. The lowest BCUT2D eigenvalue weighted by Gasteiger charge is -2.27. The van der Waals surface area contributed by atoms with Gasteiger partial charge in [0.15, 0.2) is 5.82 Å². The maximum absolute atomic E-state index is 11.5. The van der Waals surface area contributed by atoms with Crippen molar-refractivity contribution in [2.75, 3.05) is 51.7 Å². The van der Waals surface area contributed by atoms with Crippen molar-refractivity contribution in [2.45, 2.75) is 6.42 Å². The molecule has 0 spiro atoms. The summed E-state index contributed by atoms with van der Waals surface area (Å²) in [6.07, 6.45) is 2.39. The molecule has 2 heterocycles. The number of hydrogen-bond donors (Lipinski definition) is 3. The highest BCUT2D eigenvalue weighted by Crippen LogP contribution is 2.13. The van der Waals surface area contributed by atoms with Crippen LogP contribution in [-0.4, -0.2) is 61.2 Å². The summed E-state index contributed by atoms with van der Waals surface area (Å²) in [6, 6.07) is 0. The van der Waals surface area contributed by atoms with Crippen LogP contribution >= 0.6 is 0 Å². The van der Waals surface area contributed by atoms with Crippen molar-refractivity contribution < 1.29 is 4.74 Å². The van der Waals surface area contributed by atoms with E-state index in [2.05, 4.69) is 25.5 Å². The lowest BCUT2D eigenvalue weighted by molar-refractivity contribution is 0.240. The molecule has 1 aliphatic heterocycles. The number of methoxy groups -OCH3 is 1. The number of rotatable bonds is 6. The molecule has 0 aliphatic carbocycles. The minimum Gasteiger partial charge on any atom is -0.489 e. The standard InChI is InChI=1S/C12H21N5O2/c1-19-10-11(15-9-16-12(10)18)14-3-2-6-17-7-4-13-5-8-17/h9,13H,2-8H2,1H3,(H2,14,15,16,18). The Hall–Kier alpha value is -1.60. The number of nitrogens with one attached hydrogen (secondary N) is 3. The van der Waals surface area contributed by atoms with Crippen molar-refractivity contribution in [3.05, 3.63) is 16.7 Å². The van der Waals surface area contributed by atoms with Crippen LogP contribution in [0.3, 0.4) is 0 Å². The molecule has 0 saturated carbocycles. The summed E-state index contributed by atoms with van der Waals surface area (Å²) in [6.45, 7) is 6.17. The normalized spacial score (nSPS) is 16.3. The van der Waals surface area contributed by atoms with E-state index in [1.165, 1.54) is 13.4 Å². The highest BCUT2D eigenvalue weighted by molar-refractivity contribution is 5.47. The molecule has 1 aromatic heterocycles. The molecule has 7 heteroatoms. The average molecular weight is 267 g/mol. The molecule has 0 radical (unpaired) electrons. The number of aromatic amines is 1. The first-order chi connectivity index (χ1) is 9.31. The predicted octanol–water partition coefficient (Wildman–Crippen LogP) is -0.514. The SMILES string of the molecule is COc1c(NCCCN2CCNCC2)nc[nH]c1=O. The molecule has 7 nitrogen and oxygen atoms in total. The summed E-state index contributed by atoms with van der Waals surface area (Å²) >= 11 is 0. The van der Waals surface area contributed by atoms with Gasteiger partial charge in [-0.2, -0.15) is 0 Å². The van der Waals surface area contributed by atoms with E-state index in [1.54, 1.807) is 0 Å². The van der Waals surface area contributed by atoms with Gasteiger partial charge < -0.3 is 25.3 Å². The third-order valence-corrected chi connectivity index (χ3v) is 3.17. The smallest absolute Gasteiger partial charge is 0.295 e. The summed E-state index contributed by atoms with van der Waals surface area (Å²) in [5, 5.41) is 6.48. The summed E-state index contributed by atoms with van der Waals surface area (Å²) < 4.78 is 5.04. The van der Waals surface area contributed by atoms with Gasteiger partial charge >= 0.3 is 0 Å². The Morgan fingerprint density at radius 3 is 3.00 bits per heavy atom. The predicted molar refractivity (Wildman–Crippen MR) is 73.8 cm³/mol. The zero-order valence-corrected chi connectivity index (χ0v) is 11.2. The van der Waals surface area contributed by atoms with Crippen molar-refractivity contribution in [1.82, 2.24) is 20.2 Å². The summed E-state index contributed by atoms with van der Waals surface area (Å²) in [7, 11) is 1.47. The zero-order chi connectivity index (χ0) is 13.5. The van der Waals surface area contributed by atoms with Crippen LogP contribution in [0, 0.1) is 0 Å². The lowest BCUT2D eigenvalue weighted by atomic mass is 10.3. The molecule has 1 aromatic rings. The molecule has 0 atom stereocenters. The highest BCUT2D eigenvalue weighted by atomic mass is 16.5. The third-order valence-electron chi connectivity index (χ3n) is 3.17. The van der Waals surface area contributed by atoms with Gasteiger partial charge in [-0.1, -0.05) is 0 Å². The Bertz CT molecular complexity index is 442. The van der Waals surface area contributed by atoms with Crippen molar-refractivity contribution >= 4 is 5.82 Å². The molecule has 106 valence electrons. The molecular weight excluding hydrogens is 246 g/mol. The monoisotopic (exact) mass is 267 g/mol. The van der Waals surface area contributed by atoms with Gasteiger partial charge in [0.1, 0.15) is 0 Å². The number of aromatic nitrogens is 2. The molecule has 1 saturated heterocycles. The van der Waals surface area contributed by atoms with Gasteiger partial charge in [0.05, 0.1) is 13.4 Å². The van der Waals surface area contributed by atoms with Crippen LogP contribution in [0.25, 0.3) is 0 Å². The topological polar surface area (TPSA) is 82.3 Å². The molecule has 1 fully saturated rings. The summed E-state index contributed by atoms with van der Waals surface area (Å²) in [4.78, 5) is 20.5. The largest absolute Gasteiger partial charge is 0.489 e. The van der Waals surface area contributed by atoms with Crippen molar-refractivity contribution in [2.24, 2.45) is 0 Å². The fourth-order valence-electron chi connectivity index (χ4n) is 2.15. The summed E-state index contributed by atoms with van der Waals surface area (Å²) in [5.74, 6) is 0.747. The quantitative estimate of drug-likeness (QED) is 0.602. The van der Waals surface area contributed by atoms with E-state index < -0.39 is 0 Å². The molecule has 3 N–H and O–H groups in total. The summed E-state index contributed by atoms with van der Waals surface area (Å²) in [5.41, 5.74) is -0.262. The van der Waals surface area contributed by atoms with Crippen LogP contribution in [-0.2, 0) is 0 Å². The van der Waals surface area contributed by atoms with E-state index >= 15 is 0 Å². The van der Waals surface area contributed by atoms with Crippen molar-refractivity contribution in [3.63, 3.8) is 0 Å². The number of nitrogens with zero attached hydrogens (tertiary/aromatic N) is 2. The molecule has 0 aromatic carbocycles. The molecule has 19 heavy (non-hydrogen) atoms. The van der Waals surface area contributed by atoms with Gasteiger partial charge in [-0.05, 0) is 13.0 Å². The molecule has 0 bridgehead atoms. The molecule has 0 amide bonds. The molecule has 0 unspecified atom stereocenters. The Morgan fingerprint density at radius 2 is 2.26 bits per heavy atom. The van der Waals surface area contributed by atoms with Gasteiger partial charge in [-0.25, -0.2) is 4.98 Å². The Kier molecular flexibility index (Phi) is 5.17. The van der Waals surface area contributed by atoms with E-state index in [0.29, 0.717) is 5.82 Å². The number of ether oxygens (including phenoxy) is 1. The van der Waals surface area contributed by atoms with Gasteiger partial charge in [-0.15, -0.1) is 0 Å². The number of H-pyrrole nitrogens is 1. The van der Waals surface area contributed by atoms with Crippen molar-refractivity contribution in [1.29, 1.82) is 0 Å². The number of anilines is 1. The number of piperazine rings is 1. The minimum absolute atomic E-state index is 0.240. The first-order valence-corrected chi connectivity index (χ1v) is 6.60. The van der Waals surface area contributed by atoms with Crippen LogP contribution in [0.1, 0.15) is 6.42 Å². The first kappa shape index (κ1) is 13.8. The highest BCUT2D eigenvalue weighted by Gasteiger charge is 2.10. The van der Waals surface area contributed by atoms with Crippen LogP contribution < -0.4 is 20.9 Å². The second kappa shape index (κ2) is 7.10.